The minimum absolute atomic E-state index is 0.0567. The van der Waals surface area contributed by atoms with Gasteiger partial charge in [0, 0.05) is 49.0 Å². The summed E-state index contributed by atoms with van der Waals surface area (Å²) in [6, 6.07) is 18.9. The van der Waals surface area contributed by atoms with Crippen LogP contribution in [0.25, 0.3) is 10.9 Å². The summed E-state index contributed by atoms with van der Waals surface area (Å²) in [6.07, 6.45) is 1.54. The van der Waals surface area contributed by atoms with E-state index in [1.54, 1.807) is 41.3 Å². The molecule has 0 atom stereocenters. The van der Waals surface area contributed by atoms with Gasteiger partial charge in [0.2, 0.25) is 0 Å². The van der Waals surface area contributed by atoms with Crippen molar-refractivity contribution in [3.05, 3.63) is 95.9 Å². The lowest BCUT2D eigenvalue weighted by atomic mass is 9.93. The smallest absolute Gasteiger partial charge is 0.264 e. The second kappa shape index (κ2) is 10.3. The minimum Gasteiger partial charge on any atom is -0.335 e. The molecule has 38 heavy (non-hydrogen) atoms. The number of piperazine rings is 1. The number of aromatic nitrogens is 1. The fraction of sp³-hybridized carbons (Fsp3) is 0.148. The van der Waals surface area contributed by atoms with Gasteiger partial charge in [-0.2, -0.15) is 0 Å². The molecular weight excluding hydrogens is 506 g/mol. The summed E-state index contributed by atoms with van der Waals surface area (Å²) >= 11 is 0. The first-order chi connectivity index (χ1) is 18.2. The third-order valence-corrected chi connectivity index (χ3v) is 7.80. The van der Waals surface area contributed by atoms with E-state index in [4.69, 9.17) is 7.85 Å². The number of pyridine rings is 1. The molecule has 11 heteroatoms. The molecule has 2 heterocycles. The van der Waals surface area contributed by atoms with Crippen LogP contribution in [-0.2, 0) is 10.0 Å². The number of fused-ring (bicyclic) bond motifs is 1. The second-order valence-electron chi connectivity index (χ2n) is 8.81. The van der Waals surface area contributed by atoms with E-state index in [1.807, 2.05) is 0 Å². The van der Waals surface area contributed by atoms with E-state index in [0.717, 1.165) is 0 Å². The van der Waals surface area contributed by atoms with Crippen molar-refractivity contribution in [1.82, 2.24) is 14.8 Å². The standard InChI is InChI=1S/C27H22BFN4O4S/c28-22-7-2-6-21(24(22)29)27(35)33-16-14-32(15-17-33)26(34)19-9-11-20(12-10-19)31-38(36,37)23-8-1-4-18-5-3-13-30-25(18)23/h1-13,31H,14-17H2. The number of para-hydroxylation sites is 1. The van der Waals surface area contributed by atoms with Gasteiger partial charge in [0.1, 0.15) is 18.6 Å². The average Bonchev–Trinajstić information content (AvgIpc) is 2.94. The van der Waals surface area contributed by atoms with E-state index >= 15 is 0 Å². The fourth-order valence-corrected chi connectivity index (χ4v) is 5.60. The highest BCUT2D eigenvalue weighted by Crippen LogP contribution is 2.24. The molecule has 8 nitrogen and oxygen atoms in total. The molecule has 2 radical (unpaired) electrons. The zero-order valence-corrected chi connectivity index (χ0v) is 21.0. The van der Waals surface area contributed by atoms with Gasteiger partial charge in [-0.15, -0.1) is 0 Å². The number of nitrogens with zero attached hydrogens (tertiary/aromatic N) is 3. The largest absolute Gasteiger partial charge is 0.335 e. The third-order valence-electron chi connectivity index (χ3n) is 6.38. The molecule has 190 valence electrons. The van der Waals surface area contributed by atoms with Gasteiger partial charge in [0.15, 0.2) is 0 Å². The molecule has 1 fully saturated rings. The first kappa shape index (κ1) is 25.4. The van der Waals surface area contributed by atoms with Gasteiger partial charge in [-0.3, -0.25) is 19.3 Å². The number of hydrogen-bond donors (Lipinski definition) is 1. The highest BCUT2D eigenvalue weighted by molar-refractivity contribution is 7.93. The molecule has 1 aliphatic heterocycles. The molecule has 1 N–H and O–H groups in total. The zero-order valence-electron chi connectivity index (χ0n) is 20.2. The van der Waals surface area contributed by atoms with Crippen molar-refractivity contribution in [3.8, 4) is 0 Å². The van der Waals surface area contributed by atoms with Crippen molar-refractivity contribution in [2.75, 3.05) is 30.9 Å². The van der Waals surface area contributed by atoms with Gasteiger partial charge in [-0.1, -0.05) is 35.8 Å². The van der Waals surface area contributed by atoms with E-state index in [0.29, 0.717) is 22.2 Å². The molecule has 1 aromatic heterocycles. The Balaban J connectivity index is 1.23. The first-order valence-electron chi connectivity index (χ1n) is 11.8. The van der Waals surface area contributed by atoms with Crippen LogP contribution in [0.1, 0.15) is 20.7 Å². The monoisotopic (exact) mass is 528 g/mol. The molecule has 2 amide bonds. The van der Waals surface area contributed by atoms with E-state index in [9.17, 15) is 22.4 Å². The zero-order chi connectivity index (χ0) is 26.9. The molecular formula is C27H22BFN4O4S. The highest BCUT2D eigenvalue weighted by atomic mass is 32.2. The van der Waals surface area contributed by atoms with Crippen molar-refractivity contribution in [2.24, 2.45) is 0 Å². The van der Waals surface area contributed by atoms with Crippen molar-refractivity contribution < 1.29 is 22.4 Å². The molecule has 0 unspecified atom stereocenters. The predicted molar refractivity (Wildman–Crippen MR) is 143 cm³/mol. The summed E-state index contributed by atoms with van der Waals surface area (Å²) in [5.74, 6) is -1.47. The quantitative estimate of drug-likeness (QED) is 0.402. The Kier molecular flexibility index (Phi) is 6.86. The number of hydrogen-bond acceptors (Lipinski definition) is 5. The molecule has 1 aliphatic rings. The van der Waals surface area contributed by atoms with Crippen LogP contribution in [0.15, 0.2) is 83.9 Å². The van der Waals surface area contributed by atoms with Crippen molar-refractivity contribution in [1.29, 1.82) is 0 Å². The lowest BCUT2D eigenvalue weighted by Crippen LogP contribution is -2.50. The van der Waals surface area contributed by atoms with Gasteiger partial charge in [0.25, 0.3) is 21.8 Å². The summed E-state index contributed by atoms with van der Waals surface area (Å²) in [5, 5.41) is 0.705. The maximum Gasteiger partial charge on any atom is 0.264 e. The Bertz CT molecular complexity index is 1630. The van der Waals surface area contributed by atoms with Crippen LogP contribution in [0.4, 0.5) is 10.1 Å². The summed E-state index contributed by atoms with van der Waals surface area (Å²) in [7, 11) is 1.65. The van der Waals surface area contributed by atoms with Crippen LogP contribution in [0, 0.1) is 5.82 Å². The molecule has 0 bridgehead atoms. The van der Waals surface area contributed by atoms with Gasteiger partial charge in [-0.25, -0.2) is 12.8 Å². The Morgan fingerprint density at radius 2 is 1.47 bits per heavy atom. The Hall–Kier alpha value is -4.25. The number of benzene rings is 3. The van der Waals surface area contributed by atoms with Crippen LogP contribution in [0.3, 0.4) is 0 Å². The van der Waals surface area contributed by atoms with Crippen LogP contribution in [0.2, 0.25) is 0 Å². The van der Waals surface area contributed by atoms with Crippen LogP contribution < -0.4 is 10.2 Å². The summed E-state index contributed by atoms with van der Waals surface area (Å²) in [6.45, 7) is 1.04. The lowest BCUT2D eigenvalue weighted by Gasteiger charge is -2.35. The van der Waals surface area contributed by atoms with Crippen LogP contribution in [0.5, 0.6) is 0 Å². The number of halogens is 1. The maximum atomic E-state index is 14.3. The number of nitrogens with one attached hydrogen (secondary N) is 1. The number of amides is 2. The Morgan fingerprint density at radius 3 is 2.18 bits per heavy atom. The van der Waals surface area contributed by atoms with Crippen LogP contribution >= 0.6 is 0 Å². The predicted octanol–water partition coefficient (Wildman–Crippen LogP) is 2.57. The molecule has 0 aliphatic carbocycles. The van der Waals surface area contributed by atoms with E-state index in [-0.39, 0.29) is 48.0 Å². The van der Waals surface area contributed by atoms with Crippen molar-refractivity contribution >= 4 is 51.7 Å². The van der Waals surface area contributed by atoms with Gasteiger partial charge < -0.3 is 9.80 Å². The first-order valence-corrected chi connectivity index (χ1v) is 13.3. The molecule has 1 saturated heterocycles. The van der Waals surface area contributed by atoms with E-state index < -0.39 is 21.7 Å². The fourth-order valence-electron chi connectivity index (χ4n) is 4.36. The molecule has 3 aromatic carbocycles. The summed E-state index contributed by atoms with van der Waals surface area (Å²) in [5.41, 5.74) is 0.854. The average molecular weight is 528 g/mol. The summed E-state index contributed by atoms with van der Waals surface area (Å²) in [4.78, 5) is 33.1. The number of sulfonamides is 1. The Morgan fingerprint density at radius 1 is 0.842 bits per heavy atom. The van der Waals surface area contributed by atoms with E-state index in [2.05, 4.69) is 9.71 Å². The minimum atomic E-state index is -3.92. The number of carbonyl (C=O) groups is 2. The number of rotatable bonds is 5. The van der Waals surface area contributed by atoms with Crippen LogP contribution in [-0.4, -0.2) is 69.0 Å². The van der Waals surface area contributed by atoms with Gasteiger partial charge in [0.05, 0.1) is 11.1 Å². The van der Waals surface area contributed by atoms with Gasteiger partial charge >= 0.3 is 0 Å². The second-order valence-corrected chi connectivity index (χ2v) is 10.5. The lowest BCUT2D eigenvalue weighted by molar-refractivity contribution is 0.0533. The Labute approximate surface area is 220 Å². The topological polar surface area (TPSA) is 99.7 Å². The summed E-state index contributed by atoms with van der Waals surface area (Å²) < 4.78 is 42.8. The third kappa shape index (κ3) is 4.97. The maximum absolute atomic E-state index is 14.3. The number of carbonyl (C=O) groups excluding carboxylic acids is 2. The molecule has 5 rings (SSSR count). The van der Waals surface area contributed by atoms with Crippen molar-refractivity contribution in [3.63, 3.8) is 0 Å². The molecule has 4 aromatic rings. The SMILES string of the molecule is [B]c1cccc(C(=O)N2CCN(C(=O)c3ccc(NS(=O)(=O)c4cccc5cccnc45)cc3)CC2)c1F. The molecule has 0 spiro atoms. The van der Waals surface area contributed by atoms with Gasteiger partial charge in [-0.05, 0) is 42.5 Å². The number of anilines is 1. The molecule has 0 saturated carbocycles. The van der Waals surface area contributed by atoms with E-state index in [1.165, 1.54) is 47.5 Å². The van der Waals surface area contributed by atoms with Crippen molar-refractivity contribution in [2.45, 2.75) is 4.90 Å². The highest BCUT2D eigenvalue weighted by Gasteiger charge is 2.27. The normalized spacial score (nSPS) is 13.9.